The molecule has 0 amide bonds. The Kier molecular flexibility index (Phi) is 4.71. The molecule has 5 heteroatoms. The molecule has 1 atom stereocenters. The van der Waals surface area contributed by atoms with Crippen molar-refractivity contribution in [3.8, 4) is 5.75 Å². The second kappa shape index (κ2) is 6.12. The first-order valence-electron chi connectivity index (χ1n) is 5.45. The highest BCUT2D eigenvalue weighted by Crippen LogP contribution is 2.41. The minimum Gasteiger partial charge on any atom is -0.495 e. The quantitative estimate of drug-likeness (QED) is 0.647. The highest BCUT2D eigenvalue weighted by atomic mass is 79.9. The van der Waals surface area contributed by atoms with E-state index in [4.69, 9.17) is 27.9 Å². The first-order valence-corrected chi connectivity index (χ1v) is 7.06. The van der Waals surface area contributed by atoms with E-state index in [9.17, 15) is 4.39 Å². The number of rotatable bonds is 3. The van der Waals surface area contributed by atoms with Crippen LogP contribution in [0.5, 0.6) is 5.75 Å². The lowest BCUT2D eigenvalue weighted by molar-refractivity contribution is 0.407. The summed E-state index contributed by atoms with van der Waals surface area (Å²) < 4.78 is 19.0. The fourth-order valence-electron chi connectivity index (χ4n) is 1.80. The molecule has 0 heterocycles. The van der Waals surface area contributed by atoms with Gasteiger partial charge < -0.3 is 4.74 Å². The summed E-state index contributed by atoms with van der Waals surface area (Å²) in [5.41, 5.74) is 1.51. The standard InChI is InChI=1S/C14H10BrCl2FO/c1-19-14-11(6-9(16)7-12(14)15)13(17)8-2-4-10(18)5-3-8/h2-7,13H,1H3. The van der Waals surface area contributed by atoms with Crippen molar-refractivity contribution in [3.05, 3.63) is 62.8 Å². The van der Waals surface area contributed by atoms with Gasteiger partial charge in [0, 0.05) is 10.6 Å². The topological polar surface area (TPSA) is 9.23 Å². The van der Waals surface area contributed by atoms with Gasteiger partial charge >= 0.3 is 0 Å². The molecule has 2 aromatic rings. The van der Waals surface area contributed by atoms with Crippen LogP contribution in [0.3, 0.4) is 0 Å². The van der Waals surface area contributed by atoms with Gasteiger partial charge in [0.05, 0.1) is 17.0 Å². The van der Waals surface area contributed by atoms with E-state index >= 15 is 0 Å². The van der Waals surface area contributed by atoms with E-state index in [0.29, 0.717) is 10.8 Å². The molecule has 0 N–H and O–H groups in total. The Morgan fingerprint density at radius 1 is 1.21 bits per heavy atom. The Hall–Kier alpha value is -0.770. The summed E-state index contributed by atoms with van der Waals surface area (Å²) in [5, 5.41) is 0.0842. The van der Waals surface area contributed by atoms with Crippen molar-refractivity contribution < 1.29 is 9.13 Å². The molecule has 0 fully saturated rings. The van der Waals surface area contributed by atoms with Crippen molar-refractivity contribution in [3.63, 3.8) is 0 Å². The monoisotopic (exact) mass is 362 g/mol. The number of hydrogen-bond donors (Lipinski definition) is 0. The van der Waals surface area contributed by atoms with Gasteiger partial charge in [-0.1, -0.05) is 23.7 Å². The first kappa shape index (κ1) is 14.6. The Bertz CT molecular complexity index is 587. The van der Waals surface area contributed by atoms with Crippen molar-refractivity contribution >= 4 is 39.1 Å². The number of ether oxygens (including phenoxy) is 1. The van der Waals surface area contributed by atoms with Gasteiger partial charge in [-0.05, 0) is 45.8 Å². The average Bonchev–Trinajstić information content (AvgIpc) is 2.38. The second-order valence-electron chi connectivity index (χ2n) is 3.92. The van der Waals surface area contributed by atoms with E-state index < -0.39 is 5.38 Å². The van der Waals surface area contributed by atoms with E-state index in [-0.39, 0.29) is 5.82 Å². The van der Waals surface area contributed by atoms with Gasteiger partial charge in [0.15, 0.2) is 0 Å². The van der Waals surface area contributed by atoms with E-state index in [0.717, 1.165) is 15.6 Å². The van der Waals surface area contributed by atoms with Crippen molar-refractivity contribution in [1.29, 1.82) is 0 Å². The molecule has 0 bridgehead atoms. The Morgan fingerprint density at radius 2 is 1.84 bits per heavy atom. The van der Waals surface area contributed by atoms with Crippen LogP contribution in [0.1, 0.15) is 16.5 Å². The molecule has 0 spiro atoms. The molecule has 1 unspecified atom stereocenters. The predicted molar refractivity (Wildman–Crippen MR) is 79.8 cm³/mol. The SMILES string of the molecule is COc1c(Br)cc(Cl)cc1C(Cl)c1ccc(F)cc1. The fourth-order valence-corrected chi connectivity index (χ4v) is 3.10. The lowest BCUT2D eigenvalue weighted by Gasteiger charge is -2.16. The van der Waals surface area contributed by atoms with Crippen LogP contribution in [-0.4, -0.2) is 7.11 Å². The first-order chi connectivity index (χ1) is 9.02. The number of alkyl halides is 1. The summed E-state index contributed by atoms with van der Waals surface area (Å²) in [4.78, 5) is 0. The molecule has 0 saturated heterocycles. The molecule has 0 aliphatic heterocycles. The highest BCUT2D eigenvalue weighted by molar-refractivity contribution is 9.10. The second-order valence-corrected chi connectivity index (χ2v) is 5.65. The van der Waals surface area contributed by atoms with Crippen molar-refractivity contribution in [2.45, 2.75) is 5.38 Å². The van der Waals surface area contributed by atoms with E-state index in [1.165, 1.54) is 12.1 Å². The van der Waals surface area contributed by atoms with Crippen molar-refractivity contribution in [1.82, 2.24) is 0 Å². The normalized spacial score (nSPS) is 12.3. The fraction of sp³-hybridized carbons (Fsp3) is 0.143. The maximum absolute atomic E-state index is 12.9. The number of benzene rings is 2. The van der Waals surface area contributed by atoms with Gasteiger partial charge in [0.1, 0.15) is 11.6 Å². The van der Waals surface area contributed by atoms with Gasteiger partial charge in [-0.25, -0.2) is 4.39 Å². The molecule has 19 heavy (non-hydrogen) atoms. The summed E-state index contributed by atoms with van der Waals surface area (Å²) in [6.07, 6.45) is 0. The zero-order chi connectivity index (χ0) is 14.0. The molecule has 1 nitrogen and oxygen atoms in total. The Morgan fingerprint density at radius 3 is 2.42 bits per heavy atom. The summed E-state index contributed by atoms with van der Waals surface area (Å²) in [6.45, 7) is 0. The Balaban J connectivity index is 2.48. The molecule has 0 aliphatic rings. The highest BCUT2D eigenvalue weighted by Gasteiger charge is 2.18. The molecule has 2 aromatic carbocycles. The van der Waals surface area contributed by atoms with Gasteiger partial charge in [0.25, 0.3) is 0 Å². The molecular formula is C14H10BrCl2FO. The van der Waals surface area contributed by atoms with E-state index in [1.807, 2.05) is 0 Å². The van der Waals surface area contributed by atoms with Crippen LogP contribution in [0.25, 0.3) is 0 Å². The van der Waals surface area contributed by atoms with Gasteiger partial charge in [-0.15, -0.1) is 11.6 Å². The van der Waals surface area contributed by atoms with Crippen molar-refractivity contribution in [2.24, 2.45) is 0 Å². The molecule has 100 valence electrons. The third-order valence-electron chi connectivity index (χ3n) is 2.68. The molecule has 0 aliphatic carbocycles. The van der Waals surface area contributed by atoms with E-state index in [1.54, 1.807) is 31.4 Å². The lowest BCUT2D eigenvalue weighted by Crippen LogP contribution is -1.98. The van der Waals surface area contributed by atoms with Crippen LogP contribution in [0.2, 0.25) is 5.02 Å². The lowest BCUT2D eigenvalue weighted by atomic mass is 10.0. The average molecular weight is 364 g/mol. The summed E-state index contributed by atoms with van der Waals surface area (Å²) in [5.74, 6) is 0.320. The molecule has 0 saturated carbocycles. The van der Waals surface area contributed by atoms with Gasteiger partial charge in [-0.3, -0.25) is 0 Å². The summed E-state index contributed by atoms with van der Waals surface area (Å²) >= 11 is 15.8. The van der Waals surface area contributed by atoms with Crippen LogP contribution in [0.15, 0.2) is 40.9 Å². The largest absolute Gasteiger partial charge is 0.495 e. The summed E-state index contributed by atoms with van der Waals surface area (Å²) in [7, 11) is 1.56. The summed E-state index contributed by atoms with van der Waals surface area (Å²) in [6, 6.07) is 9.50. The number of hydrogen-bond acceptors (Lipinski definition) is 1. The van der Waals surface area contributed by atoms with Crippen LogP contribution in [0.4, 0.5) is 4.39 Å². The van der Waals surface area contributed by atoms with Crippen LogP contribution in [0, 0.1) is 5.82 Å². The van der Waals surface area contributed by atoms with Crippen molar-refractivity contribution in [2.75, 3.05) is 7.11 Å². The smallest absolute Gasteiger partial charge is 0.138 e. The minimum atomic E-state index is -0.467. The van der Waals surface area contributed by atoms with Gasteiger partial charge in [0.2, 0.25) is 0 Å². The minimum absolute atomic E-state index is 0.299. The molecule has 2 rings (SSSR count). The zero-order valence-electron chi connectivity index (χ0n) is 9.96. The maximum Gasteiger partial charge on any atom is 0.138 e. The third kappa shape index (κ3) is 3.22. The van der Waals surface area contributed by atoms with Crippen LogP contribution in [-0.2, 0) is 0 Å². The molecular weight excluding hydrogens is 354 g/mol. The number of halogens is 4. The molecule has 0 radical (unpaired) electrons. The predicted octanol–water partition coefficient (Wildman–Crippen LogP) is 5.58. The maximum atomic E-state index is 12.9. The van der Waals surface area contributed by atoms with E-state index in [2.05, 4.69) is 15.9 Å². The van der Waals surface area contributed by atoms with Crippen LogP contribution >= 0.6 is 39.1 Å². The molecule has 0 aromatic heterocycles. The van der Waals surface area contributed by atoms with Gasteiger partial charge in [-0.2, -0.15) is 0 Å². The third-order valence-corrected chi connectivity index (χ3v) is 3.97. The Labute approximate surface area is 129 Å². The number of methoxy groups -OCH3 is 1. The zero-order valence-corrected chi connectivity index (χ0v) is 13.1. The van der Waals surface area contributed by atoms with Crippen LogP contribution < -0.4 is 4.74 Å².